The molecule has 0 saturated heterocycles. The molecule has 3 rings (SSSR count). The summed E-state index contributed by atoms with van der Waals surface area (Å²) in [7, 11) is 3.93. The van der Waals surface area contributed by atoms with E-state index < -0.39 is 0 Å². The zero-order valence-electron chi connectivity index (χ0n) is 13.0. The summed E-state index contributed by atoms with van der Waals surface area (Å²) in [6.45, 7) is 0.136. The van der Waals surface area contributed by atoms with Crippen LogP contribution < -0.4 is 24.4 Å². The van der Waals surface area contributed by atoms with Gasteiger partial charge in [0.2, 0.25) is 6.79 Å². The van der Waals surface area contributed by atoms with Gasteiger partial charge in [-0.1, -0.05) is 0 Å². The highest BCUT2D eigenvalue weighted by Gasteiger charge is 2.14. The molecule has 1 N–H and O–H groups in total. The van der Waals surface area contributed by atoms with E-state index in [2.05, 4.69) is 5.32 Å². The van der Waals surface area contributed by atoms with Crippen molar-refractivity contribution in [2.75, 3.05) is 37.7 Å². The molecule has 1 aliphatic rings. The maximum atomic E-state index is 11.9. The predicted molar refractivity (Wildman–Crippen MR) is 87.5 cm³/mol. The molecule has 0 fully saturated rings. The summed E-state index contributed by atoms with van der Waals surface area (Å²) in [5.41, 5.74) is 1.80. The molecule has 0 bridgehead atoms. The van der Waals surface area contributed by atoms with Crippen LogP contribution in [0.1, 0.15) is 0 Å². The van der Waals surface area contributed by atoms with Crippen LogP contribution in [-0.2, 0) is 4.79 Å². The van der Waals surface area contributed by atoms with E-state index in [1.807, 2.05) is 43.3 Å². The van der Waals surface area contributed by atoms with E-state index in [1.54, 1.807) is 18.2 Å². The van der Waals surface area contributed by atoms with Crippen LogP contribution in [0.25, 0.3) is 0 Å². The van der Waals surface area contributed by atoms with Crippen LogP contribution in [0.15, 0.2) is 42.5 Å². The van der Waals surface area contributed by atoms with Crippen molar-refractivity contribution < 1.29 is 19.0 Å². The molecular weight excluding hydrogens is 296 g/mol. The summed E-state index contributed by atoms with van der Waals surface area (Å²) in [6, 6.07) is 12.8. The fourth-order valence-electron chi connectivity index (χ4n) is 2.16. The normalized spacial score (nSPS) is 11.9. The Kier molecular flexibility index (Phi) is 4.23. The number of hydrogen-bond donors (Lipinski definition) is 1. The minimum Gasteiger partial charge on any atom is -0.484 e. The maximum absolute atomic E-state index is 11.9. The zero-order valence-corrected chi connectivity index (χ0v) is 13.0. The maximum Gasteiger partial charge on any atom is 0.262 e. The molecular formula is C17H18N2O4. The van der Waals surface area contributed by atoms with Crippen molar-refractivity contribution in [1.29, 1.82) is 0 Å². The summed E-state index contributed by atoms with van der Waals surface area (Å²) in [5.74, 6) is 1.65. The quantitative estimate of drug-likeness (QED) is 0.919. The van der Waals surface area contributed by atoms with Gasteiger partial charge in [-0.3, -0.25) is 4.79 Å². The number of rotatable bonds is 5. The molecule has 0 spiro atoms. The van der Waals surface area contributed by atoms with Gasteiger partial charge in [0.25, 0.3) is 5.91 Å². The second-order valence-corrected chi connectivity index (χ2v) is 5.29. The molecule has 2 aromatic rings. The number of nitrogens with zero attached hydrogens (tertiary/aromatic N) is 1. The lowest BCUT2D eigenvalue weighted by Crippen LogP contribution is -2.20. The van der Waals surface area contributed by atoms with E-state index in [-0.39, 0.29) is 19.3 Å². The van der Waals surface area contributed by atoms with Gasteiger partial charge in [-0.25, -0.2) is 0 Å². The molecule has 6 nitrogen and oxygen atoms in total. The number of carbonyl (C=O) groups is 1. The van der Waals surface area contributed by atoms with Crippen LogP contribution in [0, 0.1) is 0 Å². The van der Waals surface area contributed by atoms with Crippen molar-refractivity contribution in [1.82, 2.24) is 0 Å². The van der Waals surface area contributed by atoms with Gasteiger partial charge in [-0.05, 0) is 36.4 Å². The summed E-state index contributed by atoms with van der Waals surface area (Å²) in [6.07, 6.45) is 0. The van der Waals surface area contributed by atoms with Crippen molar-refractivity contribution in [2.24, 2.45) is 0 Å². The molecule has 0 unspecified atom stereocenters. The molecule has 0 aromatic heterocycles. The second kappa shape index (κ2) is 6.48. The molecule has 0 radical (unpaired) electrons. The Bertz CT molecular complexity index is 698. The van der Waals surface area contributed by atoms with Crippen LogP contribution in [0.3, 0.4) is 0 Å². The van der Waals surface area contributed by atoms with Crippen LogP contribution in [-0.4, -0.2) is 33.4 Å². The molecule has 0 aliphatic carbocycles. The number of ether oxygens (including phenoxy) is 3. The Balaban J connectivity index is 1.53. The Labute approximate surface area is 134 Å². The fraction of sp³-hybridized carbons (Fsp3) is 0.235. The van der Waals surface area contributed by atoms with Gasteiger partial charge in [-0.15, -0.1) is 0 Å². The number of hydrogen-bond acceptors (Lipinski definition) is 5. The average Bonchev–Trinajstić information content (AvgIpc) is 3.01. The van der Waals surface area contributed by atoms with Crippen LogP contribution >= 0.6 is 0 Å². The Morgan fingerprint density at radius 1 is 1.13 bits per heavy atom. The monoisotopic (exact) mass is 314 g/mol. The van der Waals surface area contributed by atoms with E-state index in [0.29, 0.717) is 17.2 Å². The SMILES string of the molecule is CN(C)c1ccc(NC(=O)COc2ccc3c(c2)OCO3)cc1. The number of fused-ring (bicyclic) bond motifs is 1. The van der Waals surface area contributed by atoms with Gasteiger partial charge in [0.05, 0.1) is 0 Å². The van der Waals surface area contributed by atoms with E-state index in [4.69, 9.17) is 14.2 Å². The fourth-order valence-corrected chi connectivity index (χ4v) is 2.16. The molecule has 1 amide bonds. The number of anilines is 2. The summed E-state index contributed by atoms with van der Waals surface area (Å²) < 4.78 is 16.0. The van der Waals surface area contributed by atoms with E-state index in [0.717, 1.165) is 11.4 Å². The lowest BCUT2D eigenvalue weighted by molar-refractivity contribution is -0.118. The highest BCUT2D eigenvalue weighted by Crippen LogP contribution is 2.35. The first-order chi connectivity index (χ1) is 11.1. The molecule has 120 valence electrons. The van der Waals surface area contributed by atoms with Gasteiger partial charge < -0.3 is 24.4 Å². The van der Waals surface area contributed by atoms with Crippen molar-refractivity contribution in [2.45, 2.75) is 0 Å². The number of carbonyl (C=O) groups excluding carboxylic acids is 1. The van der Waals surface area contributed by atoms with Crippen LogP contribution in [0.4, 0.5) is 11.4 Å². The third kappa shape index (κ3) is 3.66. The van der Waals surface area contributed by atoms with E-state index >= 15 is 0 Å². The summed E-state index contributed by atoms with van der Waals surface area (Å²) >= 11 is 0. The Hall–Kier alpha value is -2.89. The zero-order chi connectivity index (χ0) is 16.2. The first kappa shape index (κ1) is 15.0. The van der Waals surface area contributed by atoms with Crippen LogP contribution in [0.2, 0.25) is 0 Å². The molecule has 6 heteroatoms. The standard InChI is InChI=1S/C17H18N2O4/c1-19(2)13-5-3-12(4-6-13)18-17(20)10-21-14-7-8-15-16(9-14)23-11-22-15/h3-9H,10-11H2,1-2H3,(H,18,20). The average molecular weight is 314 g/mol. The Morgan fingerprint density at radius 2 is 1.87 bits per heavy atom. The minimum absolute atomic E-state index is 0.0743. The summed E-state index contributed by atoms with van der Waals surface area (Å²) in [4.78, 5) is 13.9. The molecule has 2 aromatic carbocycles. The van der Waals surface area contributed by atoms with Gasteiger partial charge in [0, 0.05) is 31.5 Å². The van der Waals surface area contributed by atoms with Crippen molar-refractivity contribution in [3.8, 4) is 17.2 Å². The van der Waals surface area contributed by atoms with Crippen LogP contribution in [0.5, 0.6) is 17.2 Å². The van der Waals surface area contributed by atoms with Gasteiger partial charge in [0.1, 0.15) is 5.75 Å². The Morgan fingerprint density at radius 3 is 2.61 bits per heavy atom. The van der Waals surface area contributed by atoms with E-state index in [1.165, 1.54) is 0 Å². The highest BCUT2D eigenvalue weighted by molar-refractivity contribution is 5.92. The van der Waals surface area contributed by atoms with Gasteiger partial charge in [-0.2, -0.15) is 0 Å². The first-order valence-electron chi connectivity index (χ1n) is 7.21. The van der Waals surface area contributed by atoms with Crippen molar-refractivity contribution >= 4 is 17.3 Å². The van der Waals surface area contributed by atoms with Gasteiger partial charge >= 0.3 is 0 Å². The summed E-state index contributed by atoms with van der Waals surface area (Å²) in [5, 5.41) is 2.79. The topological polar surface area (TPSA) is 60.0 Å². The minimum atomic E-state index is -0.222. The molecule has 1 aliphatic heterocycles. The molecule has 0 saturated carbocycles. The van der Waals surface area contributed by atoms with Crippen molar-refractivity contribution in [3.63, 3.8) is 0 Å². The third-order valence-corrected chi connectivity index (χ3v) is 3.38. The second-order valence-electron chi connectivity index (χ2n) is 5.29. The van der Waals surface area contributed by atoms with Gasteiger partial charge in [0.15, 0.2) is 18.1 Å². The predicted octanol–water partition coefficient (Wildman–Crippen LogP) is 2.50. The first-order valence-corrected chi connectivity index (χ1v) is 7.21. The number of nitrogens with one attached hydrogen (secondary N) is 1. The lowest BCUT2D eigenvalue weighted by Gasteiger charge is -2.13. The molecule has 1 heterocycles. The largest absolute Gasteiger partial charge is 0.484 e. The van der Waals surface area contributed by atoms with Crippen molar-refractivity contribution in [3.05, 3.63) is 42.5 Å². The third-order valence-electron chi connectivity index (χ3n) is 3.38. The lowest BCUT2D eigenvalue weighted by atomic mass is 10.2. The highest BCUT2D eigenvalue weighted by atomic mass is 16.7. The molecule has 0 atom stereocenters. The smallest absolute Gasteiger partial charge is 0.262 e. The number of benzene rings is 2. The molecule has 23 heavy (non-hydrogen) atoms. The van der Waals surface area contributed by atoms with E-state index in [9.17, 15) is 4.79 Å². The number of amides is 1.